The number of hydrogen-bond donors (Lipinski definition) is 1. The Morgan fingerprint density at radius 2 is 2.00 bits per heavy atom. The van der Waals surface area contributed by atoms with E-state index in [1.807, 2.05) is 30.3 Å². The third-order valence-electron chi connectivity index (χ3n) is 3.50. The first-order chi connectivity index (χ1) is 11.7. The molecule has 0 radical (unpaired) electrons. The maximum absolute atomic E-state index is 12.0. The lowest BCUT2D eigenvalue weighted by atomic mass is 9.92. The van der Waals surface area contributed by atoms with Crippen LogP contribution in [0.25, 0.3) is 0 Å². The number of nitrogens with one attached hydrogen (secondary N) is 1. The number of hydrogen-bond acceptors (Lipinski definition) is 4. The van der Waals surface area contributed by atoms with Crippen molar-refractivity contribution in [3.63, 3.8) is 0 Å². The summed E-state index contributed by atoms with van der Waals surface area (Å²) in [5, 5.41) is 16.2. The number of carbonyl (C=O) groups excluding carboxylic acids is 1. The minimum Gasteiger partial charge on any atom is -0.364 e. The molecule has 118 valence electrons. The molecular formula is C18H12ClN3O2. The lowest BCUT2D eigenvalue weighted by Crippen LogP contribution is -2.12. The molecule has 0 spiro atoms. The summed E-state index contributed by atoms with van der Waals surface area (Å²) < 4.78 is 4.64. The van der Waals surface area contributed by atoms with Crippen LogP contribution >= 0.6 is 11.6 Å². The maximum atomic E-state index is 12.0. The van der Waals surface area contributed by atoms with Gasteiger partial charge in [0.05, 0.1) is 12.0 Å². The number of carbonyl (C=O) groups is 1. The topological polar surface area (TPSA) is 78.9 Å². The van der Waals surface area contributed by atoms with Gasteiger partial charge in [0, 0.05) is 16.8 Å². The van der Waals surface area contributed by atoms with E-state index in [4.69, 9.17) is 11.6 Å². The zero-order valence-electron chi connectivity index (χ0n) is 12.4. The first kappa shape index (κ1) is 15.8. The number of aromatic nitrogens is 1. The van der Waals surface area contributed by atoms with Crippen molar-refractivity contribution in [2.45, 2.75) is 5.92 Å². The molecule has 0 aliphatic rings. The van der Waals surface area contributed by atoms with Gasteiger partial charge in [-0.2, -0.15) is 5.26 Å². The second-order valence-corrected chi connectivity index (χ2v) is 5.46. The van der Waals surface area contributed by atoms with Crippen LogP contribution in [0.2, 0.25) is 5.02 Å². The highest BCUT2D eigenvalue weighted by Crippen LogP contribution is 2.31. The van der Waals surface area contributed by atoms with E-state index in [-0.39, 0.29) is 5.69 Å². The van der Waals surface area contributed by atoms with Crippen LogP contribution in [0.15, 0.2) is 65.4 Å². The highest BCUT2D eigenvalue weighted by atomic mass is 35.5. The van der Waals surface area contributed by atoms with Crippen LogP contribution in [0.3, 0.4) is 0 Å². The molecule has 0 bridgehead atoms. The average molecular weight is 338 g/mol. The number of nitrogens with zero attached hydrogens (tertiary/aromatic N) is 2. The zero-order valence-corrected chi connectivity index (χ0v) is 13.2. The Morgan fingerprint density at radius 1 is 1.21 bits per heavy atom. The number of rotatable bonds is 4. The van der Waals surface area contributed by atoms with Gasteiger partial charge in [0.2, 0.25) is 0 Å². The molecule has 0 fully saturated rings. The van der Waals surface area contributed by atoms with E-state index in [9.17, 15) is 10.1 Å². The van der Waals surface area contributed by atoms with Crippen LogP contribution in [-0.4, -0.2) is 11.1 Å². The fraction of sp³-hybridized carbons (Fsp3) is 0.0556. The highest BCUT2D eigenvalue weighted by molar-refractivity contribution is 6.31. The van der Waals surface area contributed by atoms with Gasteiger partial charge < -0.3 is 9.84 Å². The molecule has 3 aromatic rings. The Bertz CT molecular complexity index is 886. The Hall–Kier alpha value is -3.10. The Balaban J connectivity index is 1.85. The van der Waals surface area contributed by atoms with Gasteiger partial charge in [-0.1, -0.05) is 53.2 Å². The van der Waals surface area contributed by atoms with Crippen LogP contribution in [0.4, 0.5) is 5.69 Å². The van der Waals surface area contributed by atoms with Gasteiger partial charge in [-0.05, 0) is 23.3 Å². The summed E-state index contributed by atoms with van der Waals surface area (Å²) in [5.41, 5.74) is 2.24. The Labute approximate surface area is 143 Å². The lowest BCUT2D eigenvalue weighted by molar-refractivity contribution is 0.101. The minimum absolute atomic E-state index is 0.175. The molecule has 0 aliphatic heterocycles. The molecule has 3 rings (SSSR count). The van der Waals surface area contributed by atoms with E-state index in [1.54, 1.807) is 18.2 Å². The van der Waals surface area contributed by atoms with E-state index in [0.717, 1.165) is 5.56 Å². The Morgan fingerprint density at radius 3 is 2.62 bits per heavy atom. The molecule has 0 saturated carbocycles. The van der Waals surface area contributed by atoms with Crippen molar-refractivity contribution in [2.24, 2.45) is 0 Å². The van der Waals surface area contributed by atoms with Gasteiger partial charge in [-0.15, -0.1) is 0 Å². The molecule has 1 unspecified atom stereocenters. The van der Waals surface area contributed by atoms with Gasteiger partial charge in [-0.3, -0.25) is 4.79 Å². The van der Waals surface area contributed by atoms with Crippen LogP contribution in [-0.2, 0) is 0 Å². The minimum atomic E-state index is -0.473. The van der Waals surface area contributed by atoms with E-state index in [0.29, 0.717) is 16.3 Å². The fourth-order valence-corrected chi connectivity index (χ4v) is 2.62. The summed E-state index contributed by atoms with van der Waals surface area (Å²) in [6.07, 6.45) is 1.32. The van der Waals surface area contributed by atoms with Crippen molar-refractivity contribution in [1.82, 2.24) is 5.16 Å². The first-order valence-electron chi connectivity index (χ1n) is 7.15. The SMILES string of the molecule is N#CC(c1ccccc1)c1ccc(NC(=O)c2ccon2)cc1Cl. The van der Waals surface area contributed by atoms with Gasteiger partial charge in [0.1, 0.15) is 6.26 Å². The monoisotopic (exact) mass is 337 g/mol. The van der Waals surface area contributed by atoms with Crippen molar-refractivity contribution < 1.29 is 9.32 Å². The number of amides is 1. The van der Waals surface area contributed by atoms with E-state index < -0.39 is 11.8 Å². The van der Waals surface area contributed by atoms with Crippen molar-refractivity contribution in [3.05, 3.63) is 82.7 Å². The average Bonchev–Trinajstić information content (AvgIpc) is 3.13. The Kier molecular flexibility index (Phi) is 4.59. The maximum Gasteiger partial charge on any atom is 0.277 e. The zero-order chi connectivity index (χ0) is 16.9. The lowest BCUT2D eigenvalue weighted by Gasteiger charge is -2.13. The fourth-order valence-electron chi connectivity index (χ4n) is 2.33. The second kappa shape index (κ2) is 6.99. The van der Waals surface area contributed by atoms with E-state index in [1.165, 1.54) is 12.3 Å². The molecule has 0 saturated heterocycles. The predicted molar refractivity (Wildman–Crippen MR) is 89.8 cm³/mol. The van der Waals surface area contributed by atoms with E-state index >= 15 is 0 Å². The molecule has 1 N–H and O–H groups in total. The first-order valence-corrected chi connectivity index (χ1v) is 7.52. The molecule has 1 atom stereocenters. The molecule has 0 aliphatic carbocycles. The van der Waals surface area contributed by atoms with Gasteiger partial charge in [-0.25, -0.2) is 0 Å². The quantitative estimate of drug-likeness (QED) is 0.772. The normalized spacial score (nSPS) is 11.5. The number of halogens is 1. The standard InChI is InChI=1S/C18H12ClN3O2/c19-16-10-13(21-18(23)17-8-9-24-22-17)6-7-14(16)15(11-20)12-4-2-1-3-5-12/h1-10,15H,(H,21,23). The van der Waals surface area contributed by atoms with Crippen molar-refractivity contribution in [2.75, 3.05) is 5.32 Å². The molecule has 1 amide bonds. The van der Waals surface area contributed by atoms with E-state index in [2.05, 4.69) is 21.1 Å². The van der Waals surface area contributed by atoms with Gasteiger partial charge >= 0.3 is 0 Å². The van der Waals surface area contributed by atoms with Gasteiger partial charge in [0.25, 0.3) is 5.91 Å². The van der Waals surface area contributed by atoms with Crippen LogP contribution in [0, 0.1) is 11.3 Å². The third-order valence-corrected chi connectivity index (χ3v) is 3.83. The predicted octanol–water partition coefficient (Wildman–Crippen LogP) is 4.24. The second-order valence-electron chi connectivity index (χ2n) is 5.05. The molecule has 24 heavy (non-hydrogen) atoms. The summed E-state index contributed by atoms with van der Waals surface area (Å²) in [4.78, 5) is 12.0. The largest absolute Gasteiger partial charge is 0.364 e. The molecule has 5 nitrogen and oxygen atoms in total. The molecule has 1 aromatic heterocycles. The van der Waals surface area contributed by atoms with Crippen LogP contribution in [0.1, 0.15) is 27.5 Å². The highest BCUT2D eigenvalue weighted by Gasteiger charge is 2.17. The number of anilines is 1. The summed E-state index contributed by atoms with van der Waals surface area (Å²) in [6, 6.07) is 18.2. The van der Waals surface area contributed by atoms with Crippen LogP contribution in [0.5, 0.6) is 0 Å². The third kappa shape index (κ3) is 3.29. The number of nitriles is 1. The van der Waals surface area contributed by atoms with Crippen molar-refractivity contribution >= 4 is 23.2 Å². The summed E-state index contributed by atoms with van der Waals surface area (Å²) in [6.45, 7) is 0. The summed E-state index contributed by atoms with van der Waals surface area (Å²) >= 11 is 6.32. The van der Waals surface area contributed by atoms with Gasteiger partial charge in [0.15, 0.2) is 5.69 Å². The molecule has 6 heteroatoms. The summed E-state index contributed by atoms with van der Waals surface area (Å²) in [7, 11) is 0. The molecule has 2 aromatic carbocycles. The van der Waals surface area contributed by atoms with Crippen LogP contribution < -0.4 is 5.32 Å². The summed E-state index contributed by atoms with van der Waals surface area (Å²) in [5.74, 6) is -0.869. The smallest absolute Gasteiger partial charge is 0.277 e. The number of benzene rings is 2. The molecular weight excluding hydrogens is 326 g/mol. The molecule has 1 heterocycles. The van der Waals surface area contributed by atoms with Crippen molar-refractivity contribution in [3.8, 4) is 6.07 Å². The van der Waals surface area contributed by atoms with Crippen molar-refractivity contribution in [1.29, 1.82) is 5.26 Å².